The summed E-state index contributed by atoms with van der Waals surface area (Å²) in [4.78, 5) is 12.3. The second-order valence-electron chi connectivity index (χ2n) is 6.74. The molecule has 0 bridgehead atoms. The van der Waals surface area contributed by atoms with E-state index in [4.69, 9.17) is 14.2 Å². The van der Waals surface area contributed by atoms with Gasteiger partial charge in [0.1, 0.15) is 5.75 Å². The van der Waals surface area contributed by atoms with Crippen LogP contribution in [0.2, 0.25) is 0 Å². The van der Waals surface area contributed by atoms with Crippen LogP contribution >= 0.6 is 0 Å². The Balaban J connectivity index is 1.63. The van der Waals surface area contributed by atoms with Crippen molar-refractivity contribution in [1.82, 2.24) is 0 Å². The van der Waals surface area contributed by atoms with E-state index in [9.17, 15) is 4.79 Å². The van der Waals surface area contributed by atoms with Gasteiger partial charge in [0.15, 0.2) is 18.1 Å². The molecule has 0 spiro atoms. The lowest BCUT2D eigenvalue weighted by atomic mass is 10.0. The minimum absolute atomic E-state index is 0.0440. The van der Waals surface area contributed by atoms with Gasteiger partial charge in [0, 0.05) is 18.2 Å². The molecule has 0 fully saturated rings. The molecular weight excluding hydrogens is 330 g/mol. The third kappa shape index (κ3) is 4.48. The highest BCUT2D eigenvalue weighted by Crippen LogP contribution is 2.32. The normalized spacial score (nSPS) is 13.2. The molecule has 0 aliphatic carbocycles. The monoisotopic (exact) mass is 355 g/mol. The van der Waals surface area contributed by atoms with Crippen LogP contribution in [0.15, 0.2) is 36.4 Å². The molecule has 26 heavy (non-hydrogen) atoms. The summed E-state index contributed by atoms with van der Waals surface area (Å²) in [6.45, 7) is 7.43. The number of hydrogen-bond acceptors (Lipinski definition) is 4. The van der Waals surface area contributed by atoms with Crippen molar-refractivity contribution in [2.24, 2.45) is 0 Å². The van der Waals surface area contributed by atoms with Crippen LogP contribution in [0.1, 0.15) is 37.3 Å². The summed E-state index contributed by atoms with van der Waals surface area (Å²) in [6.07, 6.45) is 0.846. The number of aryl methyl sites for hydroxylation is 1. The zero-order valence-corrected chi connectivity index (χ0v) is 15.5. The van der Waals surface area contributed by atoms with Crippen molar-refractivity contribution in [3.05, 3.63) is 47.5 Å². The van der Waals surface area contributed by atoms with Gasteiger partial charge in [-0.05, 0) is 42.2 Å². The highest BCUT2D eigenvalue weighted by Gasteiger charge is 2.13. The van der Waals surface area contributed by atoms with Gasteiger partial charge in [0.05, 0.1) is 13.2 Å². The maximum atomic E-state index is 12.3. The summed E-state index contributed by atoms with van der Waals surface area (Å²) < 4.78 is 17.0. The van der Waals surface area contributed by atoms with E-state index in [1.807, 2.05) is 19.1 Å². The Morgan fingerprint density at radius 3 is 2.65 bits per heavy atom. The number of fused-ring (bicyclic) bond motifs is 1. The van der Waals surface area contributed by atoms with E-state index >= 15 is 0 Å². The Hall–Kier alpha value is -2.69. The first-order valence-electron chi connectivity index (χ1n) is 8.96. The molecule has 1 aliphatic rings. The van der Waals surface area contributed by atoms with Gasteiger partial charge in [-0.2, -0.15) is 0 Å². The van der Waals surface area contributed by atoms with Crippen LogP contribution in [-0.2, 0) is 4.79 Å². The molecule has 1 aliphatic heterocycles. The topological polar surface area (TPSA) is 56.8 Å². The number of ether oxygens (including phenoxy) is 3. The first-order chi connectivity index (χ1) is 12.5. The van der Waals surface area contributed by atoms with Crippen molar-refractivity contribution in [2.75, 3.05) is 25.1 Å². The molecule has 1 N–H and O–H groups in total. The number of carbonyl (C=O) groups is 1. The standard InChI is InChI=1S/C21H25NO4/c1-14(2)17-7-5-15(3)11-19(17)26-13-21(23)22-16-6-8-18-20(12-16)25-10-4-9-24-18/h5-8,11-12,14H,4,9-10,13H2,1-3H3,(H,22,23). The van der Waals surface area contributed by atoms with Gasteiger partial charge in [-0.15, -0.1) is 0 Å². The van der Waals surface area contributed by atoms with Crippen LogP contribution in [-0.4, -0.2) is 25.7 Å². The summed E-state index contributed by atoms with van der Waals surface area (Å²) >= 11 is 0. The van der Waals surface area contributed by atoms with E-state index in [1.165, 1.54) is 0 Å². The molecule has 1 heterocycles. The van der Waals surface area contributed by atoms with E-state index in [0.717, 1.165) is 23.3 Å². The molecule has 0 saturated heterocycles. The van der Waals surface area contributed by atoms with Gasteiger partial charge >= 0.3 is 0 Å². The Labute approximate surface area is 154 Å². The molecule has 0 saturated carbocycles. The molecule has 5 heteroatoms. The number of carbonyl (C=O) groups excluding carboxylic acids is 1. The summed E-state index contributed by atoms with van der Waals surface area (Å²) in [5.41, 5.74) is 2.86. The number of rotatable bonds is 5. The predicted molar refractivity (Wildman–Crippen MR) is 101 cm³/mol. The van der Waals surface area contributed by atoms with Crippen LogP contribution in [0.4, 0.5) is 5.69 Å². The van der Waals surface area contributed by atoms with Crippen molar-refractivity contribution in [2.45, 2.75) is 33.1 Å². The maximum absolute atomic E-state index is 12.3. The quantitative estimate of drug-likeness (QED) is 0.869. The van der Waals surface area contributed by atoms with Crippen LogP contribution in [0.25, 0.3) is 0 Å². The fourth-order valence-corrected chi connectivity index (χ4v) is 2.82. The lowest BCUT2D eigenvalue weighted by Crippen LogP contribution is -2.20. The summed E-state index contributed by atoms with van der Waals surface area (Å²) in [5, 5.41) is 2.85. The molecular formula is C21H25NO4. The molecule has 0 atom stereocenters. The van der Waals surface area contributed by atoms with E-state index in [2.05, 4.69) is 31.3 Å². The molecule has 0 radical (unpaired) electrons. The van der Waals surface area contributed by atoms with Crippen molar-refractivity contribution < 1.29 is 19.0 Å². The highest BCUT2D eigenvalue weighted by atomic mass is 16.5. The second-order valence-corrected chi connectivity index (χ2v) is 6.74. The first kappa shape index (κ1) is 18.1. The average molecular weight is 355 g/mol. The van der Waals surface area contributed by atoms with Gasteiger partial charge < -0.3 is 19.5 Å². The van der Waals surface area contributed by atoms with E-state index in [1.54, 1.807) is 12.1 Å². The minimum atomic E-state index is -0.212. The van der Waals surface area contributed by atoms with Crippen molar-refractivity contribution in [1.29, 1.82) is 0 Å². The predicted octanol–water partition coefficient (Wildman–Crippen LogP) is 4.30. The number of nitrogens with one attached hydrogen (secondary N) is 1. The van der Waals surface area contributed by atoms with Crippen LogP contribution in [0.5, 0.6) is 17.2 Å². The Morgan fingerprint density at radius 1 is 1.12 bits per heavy atom. The Bertz CT molecular complexity index is 786. The maximum Gasteiger partial charge on any atom is 0.262 e. The van der Waals surface area contributed by atoms with E-state index < -0.39 is 0 Å². The number of anilines is 1. The van der Waals surface area contributed by atoms with Crippen LogP contribution < -0.4 is 19.5 Å². The van der Waals surface area contributed by atoms with Crippen molar-refractivity contribution in [3.8, 4) is 17.2 Å². The average Bonchev–Trinajstić information content (AvgIpc) is 2.84. The summed E-state index contributed by atoms with van der Waals surface area (Å²) in [5.74, 6) is 2.24. The second kappa shape index (κ2) is 8.13. The lowest BCUT2D eigenvalue weighted by Gasteiger charge is -2.15. The Kier molecular flexibility index (Phi) is 5.66. The van der Waals surface area contributed by atoms with Crippen molar-refractivity contribution in [3.63, 3.8) is 0 Å². The van der Waals surface area contributed by atoms with Crippen LogP contribution in [0.3, 0.4) is 0 Å². The SMILES string of the molecule is Cc1ccc(C(C)C)c(OCC(=O)Nc2ccc3c(c2)OCCCO3)c1. The number of amides is 1. The first-order valence-corrected chi connectivity index (χ1v) is 8.96. The van der Waals surface area contributed by atoms with Gasteiger partial charge in [-0.1, -0.05) is 26.0 Å². The molecule has 0 aromatic heterocycles. The molecule has 0 unspecified atom stereocenters. The summed E-state index contributed by atoms with van der Waals surface area (Å²) in [7, 11) is 0. The van der Waals surface area contributed by atoms with Gasteiger partial charge in [0.2, 0.25) is 0 Å². The number of benzene rings is 2. The largest absolute Gasteiger partial charge is 0.490 e. The molecule has 3 rings (SSSR count). The van der Waals surface area contributed by atoms with E-state index in [-0.39, 0.29) is 12.5 Å². The van der Waals surface area contributed by atoms with Gasteiger partial charge in [-0.25, -0.2) is 0 Å². The lowest BCUT2D eigenvalue weighted by molar-refractivity contribution is -0.118. The van der Waals surface area contributed by atoms with E-state index in [0.29, 0.717) is 36.3 Å². The minimum Gasteiger partial charge on any atom is -0.490 e. The zero-order valence-electron chi connectivity index (χ0n) is 15.5. The van der Waals surface area contributed by atoms with Gasteiger partial charge in [0.25, 0.3) is 5.91 Å². The van der Waals surface area contributed by atoms with Gasteiger partial charge in [-0.3, -0.25) is 4.79 Å². The fourth-order valence-electron chi connectivity index (χ4n) is 2.82. The molecule has 2 aromatic carbocycles. The fraction of sp³-hybridized carbons (Fsp3) is 0.381. The smallest absolute Gasteiger partial charge is 0.262 e. The third-order valence-corrected chi connectivity index (χ3v) is 4.18. The Morgan fingerprint density at radius 2 is 1.88 bits per heavy atom. The summed E-state index contributed by atoms with van der Waals surface area (Å²) in [6, 6.07) is 11.5. The molecule has 138 valence electrons. The van der Waals surface area contributed by atoms with Crippen LogP contribution in [0, 0.1) is 6.92 Å². The molecule has 2 aromatic rings. The molecule has 5 nitrogen and oxygen atoms in total. The highest BCUT2D eigenvalue weighted by molar-refractivity contribution is 5.92. The number of hydrogen-bond donors (Lipinski definition) is 1. The van der Waals surface area contributed by atoms with Crippen molar-refractivity contribution >= 4 is 11.6 Å². The zero-order chi connectivity index (χ0) is 18.5. The third-order valence-electron chi connectivity index (χ3n) is 4.18. The molecule has 1 amide bonds.